The zero-order valence-electron chi connectivity index (χ0n) is 11.8. The lowest BCUT2D eigenvalue weighted by Gasteiger charge is -2.10. The van der Waals surface area contributed by atoms with Crippen molar-refractivity contribution in [2.45, 2.75) is 19.8 Å². The molecule has 0 unspecified atom stereocenters. The molecule has 0 fully saturated rings. The van der Waals surface area contributed by atoms with Crippen LogP contribution in [0.5, 0.6) is 0 Å². The summed E-state index contributed by atoms with van der Waals surface area (Å²) in [6.45, 7) is 2.21. The van der Waals surface area contributed by atoms with Crippen LogP contribution in [-0.2, 0) is 6.42 Å². The van der Waals surface area contributed by atoms with Crippen molar-refractivity contribution >= 4 is 53.9 Å². The normalized spacial score (nSPS) is 11.7. The Kier molecular flexibility index (Phi) is 3.13. The first-order valence-corrected chi connectivity index (χ1v) is 8.51. The highest BCUT2D eigenvalue weighted by Crippen LogP contribution is 2.44. The zero-order valence-corrected chi connectivity index (χ0v) is 13.4. The van der Waals surface area contributed by atoms with Crippen LogP contribution in [-0.4, -0.2) is 0 Å². The summed E-state index contributed by atoms with van der Waals surface area (Å²) in [7, 11) is 0. The summed E-state index contributed by atoms with van der Waals surface area (Å²) >= 11 is 8.64. The lowest BCUT2D eigenvalue weighted by molar-refractivity contribution is 0.932. The van der Waals surface area contributed by atoms with E-state index in [1.165, 1.54) is 36.5 Å². The van der Waals surface area contributed by atoms with Gasteiger partial charge >= 0.3 is 0 Å². The first-order valence-electron chi connectivity index (χ1n) is 7.31. The van der Waals surface area contributed by atoms with E-state index >= 15 is 0 Å². The van der Waals surface area contributed by atoms with Gasteiger partial charge in [0.15, 0.2) is 0 Å². The van der Waals surface area contributed by atoms with Gasteiger partial charge < -0.3 is 0 Å². The fraction of sp³-hybridized carbons (Fsp3) is 0.158. The van der Waals surface area contributed by atoms with Crippen LogP contribution in [0.3, 0.4) is 0 Å². The molecule has 1 aromatic heterocycles. The highest BCUT2D eigenvalue weighted by molar-refractivity contribution is 7.26. The summed E-state index contributed by atoms with van der Waals surface area (Å²) in [6, 6.07) is 17.2. The molecule has 0 amide bonds. The van der Waals surface area contributed by atoms with E-state index in [9.17, 15) is 0 Å². The van der Waals surface area contributed by atoms with Gasteiger partial charge in [0.25, 0.3) is 0 Å². The lowest BCUT2D eigenvalue weighted by Crippen LogP contribution is -1.89. The molecule has 0 spiro atoms. The van der Waals surface area contributed by atoms with Crippen LogP contribution in [0.1, 0.15) is 18.9 Å². The second-order valence-corrected chi connectivity index (χ2v) is 6.82. The molecular formula is C19H15ClS. The Morgan fingerprint density at radius 3 is 2.33 bits per heavy atom. The molecule has 0 aliphatic heterocycles. The van der Waals surface area contributed by atoms with E-state index < -0.39 is 0 Å². The standard InChI is InChI=1S/C19H15ClS/c1-2-7-15-17-14-10-5-6-11-16(14)21-19(17)13-9-4-3-8-12(13)18(15)20/h3-6,8-11H,2,7H2,1H3. The monoisotopic (exact) mass is 310 g/mol. The van der Waals surface area contributed by atoms with E-state index in [1.54, 1.807) is 0 Å². The van der Waals surface area contributed by atoms with Gasteiger partial charge in [-0.15, -0.1) is 11.3 Å². The van der Waals surface area contributed by atoms with E-state index in [0.717, 1.165) is 17.9 Å². The van der Waals surface area contributed by atoms with Crippen molar-refractivity contribution in [2.75, 3.05) is 0 Å². The zero-order chi connectivity index (χ0) is 14.4. The lowest BCUT2D eigenvalue weighted by atomic mass is 9.97. The molecule has 0 atom stereocenters. The Labute approximate surface area is 133 Å². The van der Waals surface area contributed by atoms with Gasteiger partial charge in [-0.3, -0.25) is 0 Å². The Hall–Kier alpha value is -1.57. The molecule has 4 rings (SSSR count). The molecule has 0 nitrogen and oxygen atoms in total. The van der Waals surface area contributed by atoms with Crippen LogP contribution in [0.2, 0.25) is 5.02 Å². The molecule has 3 aromatic carbocycles. The van der Waals surface area contributed by atoms with Gasteiger partial charge in [-0.05, 0) is 18.1 Å². The van der Waals surface area contributed by atoms with E-state index in [4.69, 9.17) is 11.6 Å². The molecule has 21 heavy (non-hydrogen) atoms. The maximum Gasteiger partial charge on any atom is 0.0523 e. The fourth-order valence-electron chi connectivity index (χ4n) is 3.16. The molecule has 0 saturated heterocycles. The molecular weight excluding hydrogens is 296 g/mol. The van der Waals surface area contributed by atoms with Crippen molar-refractivity contribution in [1.29, 1.82) is 0 Å². The molecule has 0 aliphatic rings. The van der Waals surface area contributed by atoms with Crippen LogP contribution in [0, 0.1) is 0 Å². The van der Waals surface area contributed by atoms with Gasteiger partial charge in [0.2, 0.25) is 0 Å². The number of fused-ring (bicyclic) bond motifs is 5. The Bertz CT molecular complexity index is 965. The van der Waals surface area contributed by atoms with Gasteiger partial charge in [0.05, 0.1) is 5.02 Å². The number of halogens is 1. The largest absolute Gasteiger partial charge is 0.135 e. The highest BCUT2D eigenvalue weighted by atomic mass is 35.5. The minimum atomic E-state index is 0.934. The maximum atomic E-state index is 6.76. The smallest absolute Gasteiger partial charge is 0.0523 e. The Balaban J connectivity index is 2.32. The minimum absolute atomic E-state index is 0.934. The summed E-state index contributed by atoms with van der Waals surface area (Å²) in [6.07, 6.45) is 2.14. The molecule has 4 aromatic rings. The average molecular weight is 311 g/mol. The van der Waals surface area contributed by atoms with E-state index in [1.807, 2.05) is 11.3 Å². The van der Waals surface area contributed by atoms with Crippen molar-refractivity contribution in [2.24, 2.45) is 0 Å². The molecule has 0 aliphatic carbocycles. The molecule has 0 saturated carbocycles. The minimum Gasteiger partial charge on any atom is -0.135 e. The molecule has 0 radical (unpaired) electrons. The molecule has 1 heterocycles. The quantitative estimate of drug-likeness (QED) is 0.381. The summed E-state index contributed by atoms with van der Waals surface area (Å²) in [5, 5.41) is 6.10. The Morgan fingerprint density at radius 2 is 1.57 bits per heavy atom. The van der Waals surface area contributed by atoms with Gasteiger partial charge in [-0.2, -0.15) is 0 Å². The van der Waals surface area contributed by atoms with E-state index in [-0.39, 0.29) is 0 Å². The number of thiophene rings is 1. The van der Waals surface area contributed by atoms with Crippen LogP contribution in [0.25, 0.3) is 30.9 Å². The number of benzene rings is 3. The first-order chi connectivity index (χ1) is 10.3. The van der Waals surface area contributed by atoms with Crippen molar-refractivity contribution < 1.29 is 0 Å². The third-order valence-electron chi connectivity index (χ3n) is 4.07. The van der Waals surface area contributed by atoms with Crippen LogP contribution < -0.4 is 0 Å². The Morgan fingerprint density at radius 1 is 0.905 bits per heavy atom. The topological polar surface area (TPSA) is 0 Å². The molecule has 2 heteroatoms. The highest BCUT2D eigenvalue weighted by Gasteiger charge is 2.16. The van der Waals surface area contributed by atoms with E-state index in [0.29, 0.717) is 0 Å². The predicted molar refractivity (Wildman–Crippen MR) is 95.8 cm³/mol. The third kappa shape index (κ3) is 1.88. The fourth-order valence-corrected chi connectivity index (χ4v) is 4.79. The van der Waals surface area contributed by atoms with E-state index in [2.05, 4.69) is 55.5 Å². The maximum absolute atomic E-state index is 6.76. The van der Waals surface area contributed by atoms with Crippen molar-refractivity contribution in [3.63, 3.8) is 0 Å². The second kappa shape index (κ2) is 5.01. The predicted octanol–water partition coefficient (Wildman–Crippen LogP) is 6.81. The number of rotatable bonds is 2. The van der Waals surface area contributed by atoms with Crippen LogP contribution in [0.15, 0.2) is 48.5 Å². The van der Waals surface area contributed by atoms with Gasteiger partial charge in [0, 0.05) is 30.9 Å². The summed E-state index contributed by atoms with van der Waals surface area (Å²) in [5.74, 6) is 0. The SMILES string of the molecule is CCCc1c(Cl)c2ccccc2c2sc3ccccc3c12. The first kappa shape index (κ1) is 13.1. The summed E-state index contributed by atoms with van der Waals surface area (Å²) in [5.41, 5.74) is 1.31. The van der Waals surface area contributed by atoms with Crippen molar-refractivity contribution in [3.8, 4) is 0 Å². The van der Waals surface area contributed by atoms with Crippen LogP contribution in [0.4, 0.5) is 0 Å². The number of hydrogen-bond acceptors (Lipinski definition) is 1. The summed E-state index contributed by atoms with van der Waals surface area (Å²) < 4.78 is 2.72. The van der Waals surface area contributed by atoms with Gasteiger partial charge in [-0.1, -0.05) is 67.4 Å². The van der Waals surface area contributed by atoms with Crippen LogP contribution >= 0.6 is 22.9 Å². The molecule has 104 valence electrons. The average Bonchev–Trinajstić information content (AvgIpc) is 2.91. The number of hydrogen-bond donors (Lipinski definition) is 0. The molecule has 0 N–H and O–H groups in total. The number of aryl methyl sites for hydroxylation is 1. The third-order valence-corrected chi connectivity index (χ3v) is 5.71. The molecule has 0 bridgehead atoms. The van der Waals surface area contributed by atoms with Crippen molar-refractivity contribution in [1.82, 2.24) is 0 Å². The van der Waals surface area contributed by atoms with Gasteiger partial charge in [-0.25, -0.2) is 0 Å². The van der Waals surface area contributed by atoms with Gasteiger partial charge in [0.1, 0.15) is 0 Å². The second-order valence-electron chi connectivity index (χ2n) is 5.39. The summed E-state index contributed by atoms with van der Waals surface area (Å²) in [4.78, 5) is 0. The van der Waals surface area contributed by atoms with Crippen molar-refractivity contribution in [3.05, 3.63) is 59.1 Å².